The lowest BCUT2D eigenvalue weighted by molar-refractivity contribution is 1.28. The number of fused-ring (bicyclic) bond motifs is 1. The van der Waals surface area contributed by atoms with Crippen LogP contribution in [0.4, 0.5) is 17.1 Å². The van der Waals surface area contributed by atoms with Gasteiger partial charge in [-0.1, -0.05) is 127 Å². The first-order valence-corrected chi connectivity index (χ1v) is 13.7. The van der Waals surface area contributed by atoms with Gasteiger partial charge in [0.05, 0.1) is 5.48 Å². The highest BCUT2D eigenvalue weighted by molar-refractivity contribution is 5.88. The van der Waals surface area contributed by atoms with Gasteiger partial charge < -0.3 is 4.90 Å². The molecule has 0 aliphatic carbocycles. The van der Waals surface area contributed by atoms with Crippen molar-refractivity contribution < 1.29 is 5.48 Å². The van der Waals surface area contributed by atoms with Gasteiger partial charge in [0.2, 0.25) is 0 Å². The fourth-order valence-electron chi connectivity index (χ4n) is 5.22. The van der Waals surface area contributed by atoms with Crippen LogP contribution in [0, 0.1) is 0 Å². The minimum atomic E-state index is -0.101. The average molecular weight is 528 g/mol. The predicted molar refractivity (Wildman–Crippen MR) is 175 cm³/mol. The van der Waals surface area contributed by atoms with Crippen LogP contribution in [0.15, 0.2) is 176 Å². The van der Waals surface area contributed by atoms with Gasteiger partial charge in [-0.05, 0) is 92.6 Å². The Labute approximate surface area is 247 Å². The molecular weight excluding hydrogens is 494 g/mol. The molecule has 7 aromatic carbocycles. The lowest BCUT2D eigenvalue weighted by atomic mass is 9.98. The highest BCUT2D eigenvalue weighted by atomic mass is 15.1. The molecule has 0 saturated carbocycles. The number of benzene rings is 7. The van der Waals surface area contributed by atoms with Gasteiger partial charge in [-0.15, -0.1) is 0 Å². The Bertz CT molecular complexity index is 2130. The maximum absolute atomic E-state index is 9.25. The van der Waals surface area contributed by atoms with Gasteiger partial charge in [-0.3, -0.25) is 0 Å². The summed E-state index contributed by atoms with van der Waals surface area (Å²) in [4.78, 5) is 1.83. The second-order valence-electron chi connectivity index (χ2n) is 9.95. The zero-order valence-electron chi connectivity index (χ0n) is 26.4. The topological polar surface area (TPSA) is 3.24 Å². The van der Waals surface area contributed by atoms with Crippen molar-refractivity contribution in [2.75, 3.05) is 4.90 Å². The lowest BCUT2D eigenvalue weighted by Gasteiger charge is -2.26. The Morgan fingerprint density at radius 3 is 1.61 bits per heavy atom. The molecule has 0 bridgehead atoms. The number of hydrogen-bond donors (Lipinski definition) is 0. The molecule has 0 heterocycles. The third kappa shape index (κ3) is 5.14. The largest absolute Gasteiger partial charge is 0.310 e. The van der Waals surface area contributed by atoms with Crippen LogP contribution in [0.3, 0.4) is 0 Å². The zero-order chi connectivity index (χ0) is 30.9. The smallest absolute Gasteiger partial charge is 0.0645 e. The fourth-order valence-corrected chi connectivity index (χ4v) is 5.22. The third-order valence-corrected chi connectivity index (χ3v) is 7.30. The predicted octanol–water partition coefficient (Wildman–Crippen LogP) is 11.3. The van der Waals surface area contributed by atoms with Gasteiger partial charge in [0.15, 0.2) is 0 Å². The molecule has 0 amide bonds. The van der Waals surface area contributed by atoms with E-state index in [0.717, 1.165) is 39.0 Å². The van der Waals surface area contributed by atoms with Crippen molar-refractivity contribution in [2.45, 2.75) is 0 Å². The molecule has 0 saturated heterocycles. The summed E-state index contributed by atoms with van der Waals surface area (Å²) in [6.07, 6.45) is 0. The molecule has 0 aliphatic heterocycles. The van der Waals surface area contributed by atoms with Gasteiger partial charge in [0.25, 0.3) is 0 Å². The van der Waals surface area contributed by atoms with E-state index in [9.17, 15) is 2.74 Å². The number of para-hydroxylation sites is 1. The quantitative estimate of drug-likeness (QED) is 0.208. The Hall–Kier alpha value is -5.40. The van der Waals surface area contributed by atoms with Gasteiger partial charge in [0.1, 0.15) is 0 Å². The number of nitrogens with zero attached hydrogens (tertiary/aromatic N) is 1. The zero-order valence-corrected chi connectivity index (χ0v) is 22.4. The summed E-state index contributed by atoms with van der Waals surface area (Å²) in [6.45, 7) is 0. The highest BCUT2D eigenvalue weighted by Crippen LogP contribution is 2.38. The standard InChI is InChI=1S/C40H29N/c1-3-11-30(12-4-1)34-15-9-16-35(27-34)32-23-25-39(26-24-32)41(38-18-5-2-6-19-38)40-20-10-17-36(29-40)37-22-21-31-13-7-8-14-33(31)28-37/h1-29H/i23D,24D,25D,26D. The van der Waals surface area contributed by atoms with Gasteiger partial charge in [-0.25, -0.2) is 0 Å². The second-order valence-corrected chi connectivity index (χ2v) is 9.95. The minimum Gasteiger partial charge on any atom is -0.310 e. The summed E-state index contributed by atoms with van der Waals surface area (Å²) in [5, 5.41) is 2.31. The van der Waals surface area contributed by atoms with Gasteiger partial charge >= 0.3 is 0 Å². The van der Waals surface area contributed by atoms with Crippen molar-refractivity contribution in [3.8, 4) is 33.4 Å². The summed E-state index contributed by atoms with van der Waals surface area (Å²) >= 11 is 0. The molecule has 41 heavy (non-hydrogen) atoms. The highest BCUT2D eigenvalue weighted by Gasteiger charge is 2.14. The van der Waals surface area contributed by atoms with Crippen LogP contribution >= 0.6 is 0 Å². The Kier molecular flexibility index (Phi) is 5.50. The molecule has 0 radical (unpaired) electrons. The summed E-state index contributed by atoms with van der Waals surface area (Å²) in [5.41, 5.74) is 6.63. The first-order chi connectivity index (χ1) is 22.0. The molecule has 1 nitrogen and oxygen atoms in total. The first-order valence-electron chi connectivity index (χ1n) is 15.7. The van der Waals surface area contributed by atoms with Crippen LogP contribution in [0.5, 0.6) is 0 Å². The van der Waals surface area contributed by atoms with E-state index in [1.807, 2.05) is 120 Å². The van der Waals surface area contributed by atoms with Crippen molar-refractivity contribution >= 4 is 27.8 Å². The summed E-state index contributed by atoms with van der Waals surface area (Å²) in [5.74, 6) is 0. The molecule has 0 N–H and O–H groups in total. The lowest BCUT2D eigenvalue weighted by Crippen LogP contribution is -2.09. The maximum Gasteiger partial charge on any atom is 0.0645 e. The molecule has 0 aromatic heterocycles. The van der Waals surface area contributed by atoms with E-state index in [-0.39, 0.29) is 35.4 Å². The van der Waals surface area contributed by atoms with E-state index in [2.05, 4.69) is 36.4 Å². The molecule has 0 aliphatic rings. The monoisotopic (exact) mass is 527 g/mol. The molecule has 7 aromatic rings. The van der Waals surface area contributed by atoms with Crippen LogP contribution in [-0.2, 0) is 0 Å². The van der Waals surface area contributed by atoms with E-state index in [1.165, 1.54) is 5.39 Å². The van der Waals surface area contributed by atoms with Crippen molar-refractivity contribution in [2.24, 2.45) is 0 Å². The van der Waals surface area contributed by atoms with Gasteiger partial charge in [-0.2, -0.15) is 0 Å². The van der Waals surface area contributed by atoms with E-state index in [1.54, 1.807) is 0 Å². The van der Waals surface area contributed by atoms with Crippen molar-refractivity contribution in [1.29, 1.82) is 0 Å². The molecule has 7 rings (SSSR count). The van der Waals surface area contributed by atoms with Crippen LogP contribution in [0.1, 0.15) is 5.48 Å². The van der Waals surface area contributed by atoms with Crippen molar-refractivity contribution in [3.05, 3.63) is 176 Å². The van der Waals surface area contributed by atoms with Gasteiger partial charge in [0, 0.05) is 17.1 Å². The van der Waals surface area contributed by atoms with Crippen molar-refractivity contribution in [1.82, 2.24) is 0 Å². The molecule has 1 heteroatoms. The van der Waals surface area contributed by atoms with E-state index >= 15 is 0 Å². The van der Waals surface area contributed by atoms with E-state index in [0.29, 0.717) is 5.56 Å². The molecule has 0 unspecified atom stereocenters. The van der Waals surface area contributed by atoms with Crippen molar-refractivity contribution in [3.63, 3.8) is 0 Å². The first kappa shape index (κ1) is 20.5. The molecule has 0 fully saturated rings. The molecular formula is C40H29N. The maximum atomic E-state index is 9.25. The number of rotatable bonds is 6. The van der Waals surface area contributed by atoms with Crippen LogP contribution < -0.4 is 4.90 Å². The van der Waals surface area contributed by atoms with Crippen LogP contribution in [-0.4, -0.2) is 0 Å². The van der Waals surface area contributed by atoms with Crippen LogP contribution in [0.25, 0.3) is 44.2 Å². The fraction of sp³-hybridized carbons (Fsp3) is 0. The number of hydrogen-bond acceptors (Lipinski definition) is 1. The summed E-state index contributed by atoms with van der Waals surface area (Å²) in [7, 11) is 0. The Morgan fingerprint density at radius 1 is 0.317 bits per heavy atom. The molecule has 0 atom stereocenters. The summed E-state index contributed by atoms with van der Waals surface area (Å²) < 4.78 is 36.8. The summed E-state index contributed by atoms with van der Waals surface area (Å²) in [6, 6.07) is 49.5. The van der Waals surface area contributed by atoms with Crippen LogP contribution in [0.2, 0.25) is 0 Å². The minimum absolute atomic E-state index is 0.0807. The Balaban J connectivity index is 1.38. The average Bonchev–Trinajstić information content (AvgIpc) is 3.10. The molecule has 194 valence electrons. The number of anilines is 3. The van der Waals surface area contributed by atoms with E-state index < -0.39 is 0 Å². The second kappa shape index (κ2) is 11.0. The van der Waals surface area contributed by atoms with E-state index in [4.69, 9.17) is 2.74 Å². The Morgan fingerprint density at radius 2 is 0.854 bits per heavy atom. The SMILES string of the molecule is [2H]c1c([2H])c(N(c2ccccc2)c2cccc(-c3ccc4ccccc4c3)c2)c([2H])c([2H])c1-c1cccc(-c2ccccc2)c1. The normalized spacial score (nSPS) is 12.3. The molecule has 0 spiro atoms. The third-order valence-electron chi connectivity index (χ3n) is 7.30.